The highest BCUT2D eigenvalue weighted by molar-refractivity contribution is 6.46. The van der Waals surface area contributed by atoms with Crippen molar-refractivity contribution in [2.24, 2.45) is 0 Å². The molecule has 0 bridgehead atoms. The molecule has 0 aromatic heterocycles. The van der Waals surface area contributed by atoms with Crippen molar-refractivity contribution < 1.29 is 14.3 Å². The first-order chi connectivity index (χ1) is 15.0. The van der Waals surface area contributed by atoms with Crippen LogP contribution in [0.5, 0.6) is 5.75 Å². The van der Waals surface area contributed by atoms with Crippen LogP contribution in [0.15, 0.2) is 48.2 Å². The summed E-state index contributed by atoms with van der Waals surface area (Å²) in [5.41, 5.74) is 2.82. The van der Waals surface area contributed by atoms with E-state index in [0.29, 0.717) is 51.9 Å². The molecule has 2 amide bonds. The van der Waals surface area contributed by atoms with Crippen molar-refractivity contribution in [2.45, 2.75) is 13.8 Å². The summed E-state index contributed by atoms with van der Waals surface area (Å²) >= 11 is 6.30. The van der Waals surface area contributed by atoms with Crippen LogP contribution in [0, 0.1) is 6.92 Å². The largest absolute Gasteiger partial charge is 0.497 e. The molecule has 2 aromatic rings. The van der Waals surface area contributed by atoms with E-state index in [1.165, 1.54) is 4.90 Å². The van der Waals surface area contributed by atoms with Gasteiger partial charge in [0.15, 0.2) is 0 Å². The third-order valence-corrected chi connectivity index (χ3v) is 6.46. The SMILES string of the molecule is CCN1CCN(C2=C(c3ccc(OC)cc3)C(=O)N(c3cccc(Cl)c3C)C2=O)CC1. The first kappa shape index (κ1) is 21.4. The molecule has 0 unspecified atom stereocenters. The van der Waals surface area contributed by atoms with Crippen LogP contribution < -0.4 is 9.64 Å². The highest BCUT2D eigenvalue weighted by atomic mass is 35.5. The van der Waals surface area contributed by atoms with Crippen molar-refractivity contribution >= 4 is 34.7 Å². The number of rotatable bonds is 5. The number of hydrogen-bond acceptors (Lipinski definition) is 5. The smallest absolute Gasteiger partial charge is 0.282 e. The minimum Gasteiger partial charge on any atom is -0.497 e. The lowest BCUT2D eigenvalue weighted by Crippen LogP contribution is -2.47. The van der Waals surface area contributed by atoms with Crippen LogP contribution >= 0.6 is 11.6 Å². The lowest BCUT2D eigenvalue weighted by Gasteiger charge is -2.36. The fourth-order valence-corrected chi connectivity index (χ4v) is 4.34. The molecule has 7 heteroatoms. The van der Waals surface area contributed by atoms with Crippen molar-refractivity contribution in [1.29, 1.82) is 0 Å². The predicted octanol–water partition coefficient (Wildman–Crippen LogP) is 3.58. The van der Waals surface area contributed by atoms with E-state index in [9.17, 15) is 9.59 Å². The molecule has 0 spiro atoms. The molecule has 31 heavy (non-hydrogen) atoms. The number of amides is 2. The van der Waals surface area contributed by atoms with Gasteiger partial charge in [-0.05, 0) is 48.9 Å². The fraction of sp³-hybridized carbons (Fsp3) is 0.333. The summed E-state index contributed by atoms with van der Waals surface area (Å²) in [5.74, 6) is 0.0707. The van der Waals surface area contributed by atoms with Gasteiger partial charge in [0.05, 0.1) is 18.4 Å². The lowest BCUT2D eigenvalue weighted by molar-refractivity contribution is -0.120. The normalized spacial score (nSPS) is 17.7. The van der Waals surface area contributed by atoms with Crippen molar-refractivity contribution in [3.63, 3.8) is 0 Å². The Morgan fingerprint density at radius 1 is 0.968 bits per heavy atom. The molecule has 2 aliphatic rings. The Hall–Kier alpha value is -2.83. The average molecular weight is 440 g/mol. The number of methoxy groups -OCH3 is 1. The van der Waals surface area contributed by atoms with Crippen LogP contribution in [-0.2, 0) is 9.59 Å². The maximum Gasteiger partial charge on any atom is 0.282 e. The van der Waals surface area contributed by atoms with Crippen LogP contribution in [-0.4, -0.2) is 61.4 Å². The number of likely N-dealkylation sites (N-methyl/N-ethyl adjacent to an activating group) is 1. The van der Waals surface area contributed by atoms with Crippen LogP contribution in [0.2, 0.25) is 5.02 Å². The second kappa shape index (κ2) is 8.73. The summed E-state index contributed by atoms with van der Waals surface area (Å²) in [7, 11) is 1.60. The number of imide groups is 1. The molecule has 0 radical (unpaired) electrons. The van der Waals surface area contributed by atoms with E-state index in [1.807, 2.05) is 24.0 Å². The molecular weight excluding hydrogens is 414 g/mol. The molecular formula is C24H26ClN3O3. The molecule has 0 N–H and O–H groups in total. The van der Waals surface area contributed by atoms with E-state index in [0.717, 1.165) is 19.6 Å². The molecule has 0 atom stereocenters. The molecule has 2 aromatic carbocycles. The van der Waals surface area contributed by atoms with Gasteiger partial charge in [-0.15, -0.1) is 0 Å². The molecule has 1 saturated heterocycles. The summed E-state index contributed by atoms with van der Waals surface area (Å²) in [6, 6.07) is 12.6. The van der Waals surface area contributed by atoms with Crippen LogP contribution in [0.25, 0.3) is 5.57 Å². The van der Waals surface area contributed by atoms with E-state index in [4.69, 9.17) is 16.3 Å². The van der Waals surface area contributed by atoms with Gasteiger partial charge in [0.1, 0.15) is 11.4 Å². The average Bonchev–Trinajstić information content (AvgIpc) is 3.06. The van der Waals surface area contributed by atoms with Gasteiger partial charge in [-0.2, -0.15) is 0 Å². The Morgan fingerprint density at radius 2 is 1.65 bits per heavy atom. The summed E-state index contributed by atoms with van der Waals surface area (Å²) in [6.45, 7) is 8.03. The third-order valence-electron chi connectivity index (χ3n) is 6.05. The van der Waals surface area contributed by atoms with Gasteiger partial charge >= 0.3 is 0 Å². The number of carbonyl (C=O) groups is 2. The van der Waals surface area contributed by atoms with Gasteiger partial charge in [0.2, 0.25) is 0 Å². The molecule has 6 nitrogen and oxygen atoms in total. The highest BCUT2D eigenvalue weighted by Crippen LogP contribution is 2.38. The topological polar surface area (TPSA) is 53.1 Å². The summed E-state index contributed by atoms with van der Waals surface area (Å²) < 4.78 is 5.26. The zero-order valence-electron chi connectivity index (χ0n) is 18.0. The maximum absolute atomic E-state index is 13.7. The minimum atomic E-state index is -0.326. The minimum absolute atomic E-state index is 0.300. The highest BCUT2D eigenvalue weighted by Gasteiger charge is 2.43. The van der Waals surface area contributed by atoms with Gasteiger partial charge < -0.3 is 14.5 Å². The molecule has 2 aliphatic heterocycles. The molecule has 0 aliphatic carbocycles. The van der Waals surface area contributed by atoms with Crippen LogP contribution in [0.3, 0.4) is 0 Å². The summed E-state index contributed by atoms with van der Waals surface area (Å²) in [5, 5.41) is 0.522. The number of halogens is 1. The second-order valence-electron chi connectivity index (χ2n) is 7.70. The van der Waals surface area contributed by atoms with Crippen molar-refractivity contribution in [2.75, 3.05) is 44.7 Å². The summed E-state index contributed by atoms with van der Waals surface area (Å²) in [6.07, 6.45) is 0. The van der Waals surface area contributed by atoms with Crippen molar-refractivity contribution in [3.05, 3.63) is 64.3 Å². The van der Waals surface area contributed by atoms with E-state index >= 15 is 0 Å². The number of nitrogens with zero attached hydrogens (tertiary/aromatic N) is 3. The van der Waals surface area contributed by atoms with Crippen molar-refractivity contribution in [1.82, 2.24) is 9.80 Å². The second-order valence-corrected chi connectivity index (χ2v) is 8.11. The lowest BCUT2D eigenvalue weighted by atomic mass is 10.0. The Balaban J connectivity index is 1.80. The molecule has 4 rings (SSSR count). The molecule has 162 valence electrons. The van der Waals surface area contributed by atoms with E-state index in [1.54, 1.807) is 37.4 Å². The van der Waals surface area contributed by atoms with Gasteiger partial charge in [0, 0.05) is 31.2 Å². The maximum atomic E-state index is 13.7. The Morgan fingerprint density at radius 3 is 2.26 bits per heavy atom. The standard InChI is InChI=1S/C24H26ClN3O3/c1-4-26-12-14-27(15-13-26)22-21(17-8-10-18(31-3)11-9-17)23(29)28(24(22)30)20-7-5-6-19(25)16(20)2/h5-11H,4,12-15H2,1-3H3. The van der Waals surface area contributed by atoms with E-state index in [-0.39, 0.29) is 11.8 Å². The van der Waals surface area contributed by atoms with E-state index in [2.05, 4.69) is 11.8 Å². The monoisotopic (exact) mass is 439 g/mol. The predicted molar refractivity (Wildman–Crippen MR) is 122 cm³/mol. The Kier molecular flexibility index (Phi) is 6.03. The molecule has 0 saturated carbocycles. The Labute approximate surface area is 187 Å². The number of piperazine rings is 1. The van der Waals surface area contributed by atoms with Gasteiger partial charge in [-0.3, -0.25) is 9.59 Å². The van der Waals surface area contributed by atoms with Gasteiger partial charge in [-0.1, -0.05) is 36.7 Å². The third kappa shape index (κ3) is 3.82. The number of anilines is 1. The van der Waals surface area contributed by atoms with Crippen LogP contribution in [0.1, 0.15) is 18.1 Å². The zero-order valence-corrected chi connectivity index (χ0v) is 18.8. The van der Waals surface area contributed by atoms with E-state index < -0.39 is 0 Å². The number of benzene rings is 2. The number of hydrogen-bond donors (Lipinski definition) is 0. The van der Waals surface area contributed by atoms with Gasteiger partial charge in [-0.25, -0.2) is 4.90 Å². The van der Waals surface area contributed by atoms with Crippen molar-refractivity contribution in [3.8, 4) is 5.75 Å². The first-order valence-corrected chi connectivity index (χ1v) is 10.8. The molecule has 2 heterocycles. The number of carbonyl (C=O) groups excluding carboxylic acids is 2. The first-order valence-electron chi connectivity index (χ1n) is 10.5. The van der Waals surface area contributed by atoms with Crippen LogP contribution in [0.4, 0.5) is 5.69 Å². The quantitative estimate of drug-likeness (QED) is 0.666. The number of ether oxygens (including phenoxy) is 1. The zero-order chi connectivity index (χ0) is 22.1. The van der Waals surface area contributed by atoms with Gasteiger partial charge in [0.25, 0.3) is 11.8 Å². The Bertz CT molecular complexity index is 1040. The summed E-state index contributed by atoms with van der Waals surface area (Å²) in [4.78, 5) is 33.0. The molecule has 1 fully saturated rings. The fourth-order valence-electron chi connectivity index (χ4n) is 4.17.